The fourth-order valence-electron chi connectivity index (χ4n) is 1.32. The first-order valence-electron chi connectivity index (χ1n) is 5.58. The molecule has 1 aliphatic heterocycles. The highest BCUT2D eigenvalue weighted by molar-refractivity contribution is 7.80. The molecule has 17 heavy (non-hydrogen) atoms. The van der Waals surface area contributed by atoms with Crippen molar-refractivity contribution >= 4 is 23.2 Å². The molecule has 0 spiro atoms. The molecule has 1 atom stereocenters. The number of carbonyl (C=O) groups excluding carboxylic acids is 1. The summed E-state index contributed by atoms with van der Waals surface area (Å²) in [7, 11) is 0. The lowest BCUT2D eigenvalue weighted by Crippen LogP contribution is -2.53. The van der Waals surface area contributed by atoms with Crippen molar-refractivity contribution in [1.29, 1.82) is 0 Å². The van der Waals surface area contributed by atoms with E-state index in [1.54, 1.807) is 0 Å². The lowest BCUT2D eigenvalue weighted by atomic mass is 10.1. The van der Waals surface area contributed by atoms with E-state index in [0.29, 0.717) is 11.7 Å². The van der Waals surface area contributed by atoms with Gasteiger partial charge in [-0.15, -0.1) is 0 Å². The number of hydrogen-bond donors (Lipinski definition) is 4. The smallest absolute Gasteiger partial charge is 0.269 e. The highest BCUT2D eigenvalue weighted by Crippen LogP contribution is 2.10. The molecule has 1 aliphatic rings. The van der Waals surface area contributed by atoms with E-state index in [1.165, 1.54) is 13.8 Å². The van der Waals surface area contributed by atoms with E-state index in [2.05, 4.69) is 16.2 Å². The molecule has 1 saturated heterocycles. The highest BCUT2D eigenvalue weighted by Gasteiger charge is 2.23. The molecule has 98 valence electrons. The number of thiocarbonyl (C=S) groups is 1. The van der Waals surface area contributed by atoms with Crippen LogP contribution in [0.3, 0.4) is 0 Å². The molecule has 1 amide bonds. The molecule has 6 nitrogen and oxygen atoms in total. The van der Waals surface area contributed by atoms with E-state index in [9.17, 15) is 9.90 Å². The maximum absolute atomic E-state index is 11.3. The van der Waals surface area contributed by atoms with Crippen LogP contribution in [0.2, 0.25) is 0 Å². The standard InChI is InChI=1S/C10H19N3O3S/c1-10(2,15)8(14)12-13-9(17)11-6-7-4-3-5-16-7/h7,15H,3-6H2,1-2H3,(H,12,14)(H2,11,13,17). The molecular weight excluding hydrogens is 242 g/mol. The van der Waals surface area contributed by atoms with Gasteiger partial charge in [-0.25, -0.2) is 0 Å². The van der Waals surface area contributed by atoms with Crippen molar-refractivity contribution in [3.05, 3.63) is 0 Å². The predicted molar refractivity (Wildman–Crippen MR) is 67.2 cm³/mol. The number of hydrogen-bond acceptors (Lipinski definition) is 4. The van der Waals surface area contributed by atoms with Crippen LogP contribution in [0.5, 0.6) is 0 Å². The van der Waals surface area contributed by atoms with Gasteiger partial charge >= 0.3 is 0 Å². The highest BCUT2D eigenvalue weighted by atomic mass is 32.1. The minimum atomic E-state index is -1.43. The number of amides is 1. The lowest BCUT2D eigenvalue weighted by molar-refractivity contribution is -0.137. The van der Waals surface area contributed by atoms with Crippen LogP contribution in [-0.2, 0) is 9.53 Å². The van der Waals surface area contributed by atoms with Crippen LogP contribution in [0.1, 0.15) is 26.7 Å². The Kier molecular flexibility index (Phi) is 5.10. The summed E-state index contributed by atoms with van der Waals surface area (Å²) in [5.41, 5.74) is 3.40. The SMILES string of the molecule is CC(C)(O)C(=O)NNC(=S)NCC1CCCO1. The van der Waals surface area contributed by atoms with Crippen LogP contribution in [0.15, 0.2) is 0 Å². The van der Waals surface area contributed by atoms with Crippen molar-refractivity contribution in [3.63, 3.8) is 0 Å². The normalized spacial score (nSPS) is 19.8. The Labute approximate surface area is 106 Å². The maximum atomic E-state index is 11.3. The van der Waals surface area contributed by atoms with E-state index in [0.717, 1.165) is 19.4 Å². The number of carbonyl (C=O) groups is 1. The number of rotatable bonds is 3. The first-order chi connectivity index (χ1) is 7.89. The van der Waals surface area contributed by atoms with E-state index in [1.807, 2.05) is 0 Å². The third-order valence-electron chi connectivity index (χ3n) is 2.36. The molecule has 0 radical (unpaired) electrons. The van der Waals surface area contributed by atoms with Crippen LogP contribution in [-0.4, -0.2) is 41.0 Å². The van der Waals surface area contributed by atoms with Gasteiger partial charge in [-0.05, 0) is 38.9 Å². The van der Waals surface area contributed by atoms with Gasteiger partial charge in [0.2, 0.25) is 0 Å². The summed E-state index contributed by atoms with van der Waals surface area (Å²) in [6, 6.07) is 0. The van der Waals surface area contributed by atoms with Gasteiger partial charge in [-0.1, -0.05) is 0 Å². The van der Waals surface area contributed by atoms with Crippen LogP contribution >= 0.6 is 12.2 Å². The molecule has 0 aromatic rings. The average Bonchev–Trinajstić information content (AvgIpc) is 2.74. The molecule has 1 fully saturated rings. The van der Waals surface area contributed by atoms with Gasteiger partial charge in [0, 0.05) is 13.2 Å². The molecule has 1 rings (SSSR count). The largest absolute Gasteiger partial charge is 0.381 e. The lowest BCUT2D eigenvalue weighted by Gasteiger charge is -2.19. The van der Waals surface area contributed by atoms with Crippen molar-refractivity contribution in [3.8, 4) is 0 Å². The Hall–Kier alpha value is -0.920. The quantitative estimate of drug-likeness (QED) is 0.402. The molecule has 1 heterocycles. The monoisotopic (exact) mass is 261 g/mol. The Morgan fingerprint density at radius 2 is 2.24 bits per heavy atom. The fraction of sp³-hybridized carbons (Fsp3) is 0.800. The summed E-state index contributed by atoms with van der Waals surface area (Å²) in [6.45, 7) is 4.20. The average molecular weight is 261 g/mol. The van der Waals surface area contributed by atoms with Gasteiger partial charge in [-0.3, -0.25) is 15.6 Å². The van der Waals surface area contributed by atoms with Crippen molar-refractivity contribution in [2.45, 2.75) is 38.4 Å². The van der Waals surface area contributed by atoms with E-state index >= 15 is 0 Å². The van der Waals surface area contributed by atoms with E-state index in [4.69, 9.17) is 17.0 Å². The van der Waals surface area contributed by atoms with Crippen molar-refractivity contribution in [2.75, 3.05) is 13.2 Å². The second-order valence-electron chi connectivity index (χ2n) is 4.48. The van der Waals surface area contributed by atoms with Crippen molar-refractivity contribution in [2.24, 2.45) is 0 Å². The Morgan fingerprint density at radius 1 is 1.53 bits per heavy atom. The third kappa shape index (κ3) is 5.29. The molecule has 0 aromatic carbocycles. The third-order valence-corrected chi connectivity index (χ3v) is 2.61. The number of ether oxygens (including phenoxy) is 1. The van der Waals surface area contributed by atoms with Gasteiger partial charge in [0.25, 0.3) is 5.91 Å². The van der Waals surface area contributed by atoms with Gasteiger partial charge in [0.1, 0.15) is 5.60 Å². The zero-order valence-electron chi connectivity index (χ0n) is 10.1. The molecule has 0 aromatic heterocycles. The van der Waals surface area contributed by atoms with E-state index in [-0.39, 0.29) is 6.10 Å². The van der Waals surface area contributed by atoms with Crippen LogP contribution < -0.4 is 16.2 Å². The predicted octanol–water partition coefficient (Wildman–Crippen LogP) is -0.568. The summed E-state index contributed by atoms with van der Waals surface area (Å²) in [4.78, 5) is 11.3. The minimum Gasteiger partial charge on any atom is -0.381 e. The van der Waals surface area contributed by atoms with E-state index < -0.39 is 11.5 Å². The number of hydrazine groups is 1. The molecule has 0 aliphatic carbocycles. The Bertz CT molecular complexity index is 285. The Morgan fingerprint density at radius 3 is 2.76 bits per heavy atom. The number of aliphatic hydroxyl groups is 1. The summed E-state index contributed by atoms with van der Waals surface area (Å²) < 4.78 is 5.41. The van der Waals surface area contributed by atoms with Gasteiger partial charge in [0.15, 0.2) is 5.11 Å². The molecule has 1 unspecified atom stereocenters. The van der Waals surface area contributed by atoms with Gasteiger partial charge in [0.05, 0.1) is 6.10 Å². The molecular formula is C10H19N3O3S. The summed E-state index contributed by atoms with van der Waals surface area (Å²) in [5.74, 6) is -0.543. The molecule has 0 saturated carbocycles. The second-order valence-corrected chi connectivity index (χ2v) is 4.89. The summed E-state index contributed by atoms with van der Waals surface area (Å²) >= 11 is 4.96. The van der Waals surface area contributed by atoms with Crippen molar-refractivity contribution < 1.29 is 14.6 Å². The molecule has 7 heteroatoms. The number of nitrogens with one attached hydrogen (secondary N) is 3. The minimum absolute atomic E-state index is 0.180. The first-order valence-corrected chi connectivity index (χ1v) is 5.98. The van der Waals surface area contributed by atoms with Gasteiger partial charge in [-0.2, -0.15) is 0 Å². The molecule has 0 bridgehead atoms. The van der Waals surface area contributed by atoms with Crippen molar-refractivity contribution in [1.82, 2.24) is 16.2 Å². The van der Waals surface area contributed by atoms with Crippen LogP contribution in [0.4, 0.5) is 0 Å². The second kappa shape index (κ2) is 6.13. The van der Waals surface area contributed by atoms with Crippen LogP contribution in [0.25, 0.3) is 0 Å². The first kappa shape index (κ1) is 14.1. The fourth-order valence-corrected chi connectivity index (χ4v) is 1.46. The van der Waals surface area contributed by atoms with Gasteiger partial charge < -0.3 is 15.2 Å². The summed E-state index contributed by atoms with van der Waals surface area (Å²) in [5, 5.41) is 12.6. The maximum Gasteiger partial charge on any atom is 0.269 e. The Balaban J connectivity index is 2.14. The zero-order valence-corrected chi connectivity index (χ0v) is 10.9. The summed E-state index contributed by atoms with van der Waals surface area (Å²) in [6.07, 6.45) is 2.27. The zero-order chi connectivity index (χ0) is 12.9. The topological polar surface area (TPSA) is 82.6 Å². The molecule has 4 N–H and O–H groups in total. The van der Waals surface area contributed by atoms with Crippen LogP contribution in [0, 0.1) is 0 Å².